The van der Waals surface area contributed by atoms with E-state index in [0.717, 1.165) is 49.0 Å². The van der Waals surface area contributed by atoms with Gasteiger partial charge in [-0.1, -0.05) is 18.9 Å². The lowest BCUT2D eigenvalue weighted by Gasteiger charge is -2.26. The van der Waals surface area contributed by atoms with Crippen LogP contribution < -0.4 is 11.0 Å². The molecule has 3 aromatic heterocycles. The minimum Gasteiger partial charge on any atom is -0.353 e. The SMILES string of the molecule is O=C(NCCn1nc(-c2cccnc2)n(C2CC2)c1=O)C1(c2cccs2)CCCC1. The zero-order chi connectivity index (χ0) is 20.6. The highest BCUT2D eigenvalue weighted by Gasteiger charge is 2.43. The van der Waals surface area contributed by atoms with Crippen molar-refractivity contribution in [2.24, 2.45) is 0 Å². The van der Waals surface area contributed by atoms with Crippen LogP contribution >= 0.6 is 11.3 Å². The summed E-state index contributed by atoms with van der Waals surface area (Å²) in [6.45, 7) is 0.748. The van der Waals surface area contributed by atoms with Crippen molar-refractivity contribution >= 4 is 17.2 Å². The molecule has 8 heteroatoms. The van der Waals surface area contributed by atoms with Crippen molar-refractivity contribution < 1.29 is 4.79 Å². The largest absolute Gasteiger partial charge is 0.353 e. The third kappa shape index (κ3) is 3.39. The van der Waals surface area contributed by atoms with E-state index in [1.54, 1.807) is 28.3 Å². The molecular formula is C22H25N5O2S. The smallest absolute Gasteiger partial charge is 0.346 e. The fourth-order valence-corrected chi connectivity index (χ4v) is 5.46. The number of hydrogen-bond donors (Lipinski definition) is 1. The van der Waals surface area contributed by atoms with E-state index in [0.29, 0.717) is 18.9 Å². The molecule has 2 aliphatic rings. The average Bonchev–Trinajstić information content (AvgIpc) is 3.16. The zero-order valence-electron chi connectivity index (χ0n) is 16.8. The molecule has 5 rings (SSSR count). The van der Waals surface area contributed by atoms with E-state index in [4.69, 9.17) is 0 Å². The molecule has 0 saturated heterocycles. The first-order chi connectivity index (χ1) is 14.7. The van der Waals surface area contributed by atoms with Gasteiger partial charge in [-0.15, -0.1) is 16.4 Å². The molecule has 30 heavy (non-hydrogen) atoms. The number of thiophene rings is 1. The van der Waals surface area contributed by atoms with Crippen molar-refractivity contribution in [2.75, 3.05) is 6.54 Å². The third-order valence-electron chi connectivity index (χ3n) is 6.20. The Balaban J connectivity index is 1.32. The summed E-state index contributed by atoms with van der Waals surface area (Å²) < 4.78 is 3.26. The molecule has 7 nitrogen and oxygen atoms in total. The molecular weight excluding hydrogens is 398 g/mol. The van der Waals surface area contributed by atoms with Crippen molar-refractivity contribution in [3.63, 3.8) is 0 Å². The van der Waals surface area contributed by atoms with Crippen LogP contribution in [0.25, 0.3) is 11.4 Å². The molecule has 1 amide bonds. The summed E-state index contributed by atoms with van der Waals surface area (Å²) in [4.78, 5) is 31.4. The first kappa shape index (κ1) is 19.2. The first-order valence-corrected chi connectivity index (χ1v) is 11.5. The highest BCUT2D eigenvalue weighted by atomic mass is 32.1. The van der Waals surface area contributed by atoms with Crippen molar-refractivity contribution in [1.82, 2.24) is 24.6 Å². The van der Waals surface area contributed by atoms with Gasteiger partial charge in [0.1, 0.15) is 0 Å². The number of rotatable bonds is 7. The second-order valence-corrected chi connectivity index (χ2v) is 9.14. The number of aromatic nitrogens is 4. The van der Waals surface area contributed by atoms with Crippen LogP contribution in [-0.4, -0.2) is 31.8 Å². The number of nitrogens with zero attached hydrogens (tertiary/aromatic N) is 4. The maximum atomic E-state index is 13.1. The average molecular weight is 424 g/mol. The monoisotopic (exact) mass is 423 g/mol. The van der Waals surface area contributed by atoms with Crippen molar-refractivity contribution in [1.29, 1.82) is 0 Å². The van der Waals surface area contributed by atoms with Gasteiger partial charge in [0.05, 0.1) is 12.0 Å². The van der Waals surface area contributed by atoms with Gasteiger partial charge >= 0.3 is 5.69 Å². The maximum absolute atomic E-state index is 13.1. The fourth-order valence-electron chi connectivity index (χ4n) is 4.48. The molecule has 0 aliphatic heterocycles. The Kier molecular flexibility index (Phi) is 5.02. The van der Waals surface area contributed by atoms with Gasteiger partial charge in [0, 0.05) is 35.4 Å². The quantitative estimate of drug-likeness (QED) is 0.633. The van der Waals surface area contributed by atoms with Crippen LogP contribution in [0.4, 0.5) is 0 Å². The molecule has 156 valence electrons. The van der Waals surface area contributed by atoms with Crippen molar-refractivity contribution in [3.05, 3.63) is 57.4 Å². The molecule has 1 N–H and O–H groups in total. The number of pyridine rings is 1. The Labute approximate surface area is 178 Å². The van der Waals surface area contributed by atoms with Crippen molar-refractivity contribution in [3.8, 4) is 11.4 Å². The standard InChI is InChI=1S/C22H25N5O2S/c28-20(22(9-1-2-10-22)18-6-4-14-30-18)24-12-13-26-21(29)27(17-7-8-17)19(25-26)16-5-3-11-23-15-16/h3-6,11,14-15,17H,1-2,7-10,12-13H2,(H,24,28). The summed E-state index contributed by atoms with van der Waals surface area (Å²) in [6, 6.07) is 8.07. The first-order valence-electron chi connectivity index (χ1n) is 10.6. The normalized spacial score (nSPS) is 17.9. The van der Waals surface area contributed by atoms with Crippen LogP contribution in [-0.2, 0) is 16.8 Å². The Morgan fingerprint density at radius 1 is 1.23 bits per heavy atom. The van der Waals surface area contributed by atoms with Crippen LogP contribution in [0.3, 0.4) is 0 Å². The summed E-state index contributed by atoms with van der Waals surface area (Å²) in [5.41, 5.74) is 0.319. The van der Waals surface area contributed by atoms with E-state index in [1.165, 1.54) is 4.68 Å². The molecule has 2 saturated carbocycles. The minimum atomic E-state index is -0.409. The minimum absolute atomic E-state index is 0.0737. The number of carbonyl (C=O) groups is 1. The number of amides is 1. The van der Waals surface area contributed by atoms with Crippen LogP contribution in [0.1, 0.15) is 49.4 Å². The van der Waals surface area contributed by atoms with Crippen LogP contribution in [0.2, 0.25) is 0 Å². The molecule has 2 aliphatic carbocycles. The van der Waals surface area contributed by atoms with Gasteiger partial charge in [0.25, 0.3) is 0 Å². The Morgan fingerprint density at radius 2 is 2.07 bits per heavy atom. The Morgan fingerprint density at radius 3 is 2.73 bits per heavy atom. The summed E-state index contributed by atoms with van der Waals surface area (Å²) in [5, 5.41) is 9.70. The maximum Gasteiger partial charge on any atom is 0.346 e. The van der Waals surface area contributed by atoms with Gasteiger partial charge in [-0.3, -0.25) is 14.3 Å². The van der Waals surface area contributed by atoms with E-state index >= 15 is 0 Å². The Bertz CT molecular complexity index is 1080. The lowest BCUT2D eigenvalue weighted by atomic mass is 9.83. The van der Waals surface area contributed by atoms with Crippen LogP contribution in [0.15, 0.2) is 46.8 Å². The summed E-state index contributed by atoms with van der Waals surface area (Å²) in [5.74, 6) is 0.734. The number of nitrogens with one attached hydrogen (secondary N) is 1. The van der Waals surface area contributed by atoms with Crippen molar-refractivity contribution in [2.45, 2.75) is 56.5 Å². The van der Waals surface area contributed by atoms with Gasteiger partial charge in [-0.25, -0.2) is 9.48 Å². The van der Waals surface area contributed by atoms with Gasteiger partial charge in [-0.2, -0.15) is 0 Å². The molecule has 0 bridgehead atoms. The van der Waals surface area contributed by atoms with Gasteiger partial charge in [0.15, 0.2) is 5.82 Å². The second-order valence-electron chi connectivity index (χ2n) is 8.19. The van der Waals surface area contributed by atoms with E-state index in [2.05, 4.69) is 21.5 Å². The molecule has 0 atom stereocenters. The molecule has 0 aromatic carbocycles. The van der Waals surface area contributed by atoms with Crippen LogP contribution in [0.5, 0.6) is 0 Å². The van der Waals surface area contributed by atoms with E-state index in [1.807, 2.05) is 23.6 Å². The molecule has 0 radical (unpaired) electrons. The number of carbonyl (C=O) groups excluding carboxylic acids is 1. The molecule has 3 heterocycles. The lowest BCUT2D eigenvalue weighted by Crippen LogP contribution is -2.43. The topological polar surface area (TPSA) is 81.8 Å². The predicted molar refractivity (Wildman–Crippen MR) is 115 cm³/mol. The zero-order valence-corrected chi connectivity index (χ0v) is 17.6. The summed E-state index contributed by atoms with van der Waals surface area (Å²) in [7, 11) is 0. The summed E-state index contributed by atoms with van der Waals surface area (Å²) in [6.07, 6.45) is 9.37. The molecule has 3 aromatic rings. The Hall–Kier alpha value is -2.74. The highest BCUT2D eigenvalue weighted by Crippen LogP contribution is 2.43. The molecule has 0 spiro atoms. The van der Waals surface area contributed by atoms with Crippen LogP contribution in [0, 0.1) is 0 Å². The number of hydrogen-bond acceptors (Lipinski definition) is 5. The van der Waals surface area contributed by atoms with E-state index < -0.39 is 5.41 Å². The highest BCUT2D eigenvalue weighted by molar-refractivity contribution is 7.10. The third-order valence-corrected chi connectivity index (χ3v) is 7.27. The molecule has 0 unspecified atom stereocenters. The second kappa shape index (κ2) is 7.83. The van der Waals surface area contributed by atoms with Gasteiger partial charge in [-0.05, 0) is 49.3 Å². The summed E-state index contributed by atoms with van der Waals surface area (Å²) >= 11 is 1.66. The molecule has 2 fully saturated rings. The van der Waals surface area contributed by atoms with Gasteiger partial charge < -0.3 is 5.32 Å². The lowest BCUT2D eigenvalue weighted by molar-refractivity contribution is -0.126. The van der Waals surface area contributed by atoms with Gasteiger partial charge in [0.2, 0.25) is 5.91 Å². The predicted octanol–water partition coefficient (Wildman–Crippen LogP) is 3.13. The van der Waals surface area contributed by atoms with E-state index in [9.17, 15) is 9.59 Å². The fraction of sp³-hybridized carbons (Fsp3) is 0.455. The van der Waals surface area contributed by atoms with E-state index in [-0.39, 0.29) is 17.6 Å².